The molecule has 0 radical (unpaired) electrons. The van der Waals surface area contributed by atoms with E-state index in [1.165, 1.54) is 23.8 Å². The number of aromatic nitrogens is 1. The number of hydrogen-bond donors (Lipinski definition) is 0. The van der Waals surface area contributed by atoms with Crippen LogP contribution in [0.1, 0.15) is 5.69 Å². The Morgan fingerprint density at radius 3 is 2.62 bits per heavy atom. The summed E-state index contributed by atoms with van der Waals surface area (Å²) in [5.74, 6) is -1.14. The number of benzene rings is 2. The first-order chi connectivity index (χ1) is 14.0. The highest BCUT2D eigenvalue weighted by molar-refractivity contribution is 7.13. The van der Waals surface area contributed by atoms with Crippen molar-refractivity contribution in [3.63, 3.8) is 0 Å². The largest absolute Gasteiger partial charge is 0.503 e. The lowest BCUT2D eigenvalue weighted by Gasteiger charge is -2.05. The fraction of sp³-hybridized carbons (Fsp3) is 0.0476. The van der Waals surface area contributed by atoms with E-state index in [0.717, 1.165) is 12.3 Å². The molecule has 29 heavy (non-hydrogen) atoms. The molecule has 0 aliphatic carbocycles. The van der Waals surface area contributed by atoms with Crippen molar-refractivity contribution in [2.24, 2.45) is 0 Å². The molecule has 0 aliphatic rings. The summed E-state index contributed by atoms with van der Waals surface area (Å²) in [6, 6.07) is 13.4. The molecule has 0 N–H and O–H groups in total. The molecule has 0 bridgehead atoms. The fourth-order valence-corrected chi connectivity index (χ4v) is 3.70. The SMILES string of the molecule is COC=C(C=C(F)c1csc(-c2ccc(Cl)cc2Cl)n1)C(=O)Oc1ccccc1. The molecule has 0 saturated heterocycles. The third-order valence-corrected chi connectivity index (χ3v) is 5.05. The van der Waals surface area contributed by atoms with Crippen molar-refractivity contribution in [3.8, 4) is 16.3 Å². The van der Waals surface area contributed by atoms with Gasteiger partial charge in [0, 0.05) is 16.0 Å². The number of carbonyl (C=O) groups is 1. The Morgan fingerprint density at radius 1 is 1.17 bits per heavy atom. The van der Waals surface area contributed by atoms with Gasteiger partial charge in [-0.25, -0.2) is 14.2 Å². The summed E-state index contributed by atoms with van der Waals surface area (Å²) in [6.45, 7) is 0. The molecular formula is C21H14Cl2FNO3S. The van der Waals surface area contributed by atoms with Crippen molar-refractivity contribution < 1.29 is 18.7 Å². The smallest absolute Gasteiger partial charge is 0.346 e. The van der Waals surface area contributed by atoms with Crippen molar-refractivity contribution in [3.05, 3.63) is 87.6 Å². The summed E-state index contributed by atoms with van der Waals surface area (Å²) in [7, 11) is 1.35. The number of rotatable bonds is 6. The highest BCUT2D eigenvalue weighted by Gasteiger charge is 2.16. The average molecular weight is 450 g/mol. The quantitative estimate of drug-likeness (QED) is 0.140. The van der Waals surface area contributed by atoms with Crippen LogP contribution in [0.3, 0.4) is 0 Å². The first kappa shape index (κ1) is 21.0. The molecule has 1 heterocycles. The Kier molecular flexibility index (Phi) is 7.04. The van der Waals surface area contributed by atoms with Crippen LogP contribution in [0.15, 0.2) is 71.8 Å². The number of thiazole rings is 1. The maximum atomic E-state index is 14.7. The van der Waals surface area contributed by atoms with E-state index in [0.29, 0.717) is 26.4 Å². The zero-order chi connectivity index (χ0) is 20.8. The highest BCUT2D eigenvalue weighted by atomic mass is 35.5. The Morgan fingerprint density at radius 2 is 1.93 bits per heavy atom. The van der Waals surface area contributed by atoms with E-state index in [1.54, 1.807) is 48.5 Å². The summed E-state index contributed by atoms with van der Waals surface area (Å²) < 4.78 is 24.8. The van der Waals surface area contributed by atoms with E-state index in [1.807, 2.05) is 0 Å². The first-order valence-corrected chi connectivity index (χ1v) is 9.90. The minimum atomic E-state index is -0.760. The number of hydrogen-bond acceptors (Lipinski definition) is 5. The topological polar surface area (TPSA) is 48.4 Å². The molecule has 0 atom stereocenters. The van der Waals surface area contributed by atoms with Crippen LogP contribution in [-0.4, -0.2) is 18.1 Å². The second-order valence-corrected chi connectivity index (χ2v) is 7.37. The normalized spacial score (nSPS) is 12.0. The second kappa shape index (κ2) is 9.69. The van der Waals surface area contributed by atoms with Gasteiger partial charge < -0.3 is 9.47 Å². The van der Waals surface area contributed by atoms with Crippen molar-refractivity contribution in [1.82, 2.24) is 4.98 Å². The van der Waals surface area contributed by atoms with E-state index in [9.17, 15) is 9.18 Å². The van der Waals surface area contributed by atoms with E-state index in [-0.39, 0.29) is 11.3 Å². The van der Waals surface area contributed by atoms with Crippen molar-refractivity contribution in [1.29, 1.82) is 0 Å². The predicted molar refractivity (Wildman–Crippen MR) is 114 cm³/mol. The van der Waals surface area contributed by atoms with Crippen LogP contribution in [0.4, 0.5) is 4.39 Å². The summed E-state index contributed by atoms with van der Waals surface area (Å²) in [5.41, 5.74) is 0.592. The molecule has 0 saturated carbocycles. The molecule has 3 aromatic rings. The van der Waals surface area contributed by atoms with Gasteiger partial charge in [0.2, 0.25) is 0 Å². The number of ether oxygens (including phenoxy) is 2. The predicted octanol–water partition coefficient (Wildman–Crippen LogP) is 6.56. The summed E-state index contributed by atoms with van der Waals surface area (Å²) in [5, 5.41) is 2.95. The van der Waals surface area contributed by atoms with Gasteiger partial charge in [0.1, 0.15) is 16.5 Å². The second-order valence-electron chi connectivity index (χ2n) is 5.67. The molecule has 148 valence electrons. The van der Waals surface area contributed by atoms with E-state index < -0.39 is 11.8 Å². The van der Waals surface area contributed by atoms with Crippen molar-refractivity contribution in [2.75, 3.05) is 7.11 Å². The molecule has 0 fully saturated rings. The lowest BCUT2D eigenvalue weighted by atomic mass is 10.2. The Hall–Kier alpha value is -2.67. The molecule has 0 aliphatic heterocycles. The van der Waals surface area contributed by atoms with Gasteiger partial charge >= 0.3 is 5.97 Å². The zero-order valence-electron chi connectivity index (χ0n) is 15.1. The lowest BCUT2D eigenvalue weighted by Crippen LogP contribution is -2.10. The maximum absolute atomic E-state index is 14.7. The minimum Gasteiger partial charge on any atom is -0.503 e. The number of carbonyl (C=O) groups excluding carboxylic acids is 1. The molecule has 0 unspecified atom stereocenters. The highest BCUT2D eigenvalue weighted by Crippen LogP contribution is 2.34. The van der Waals surface area contributed by atoms with Gasteiger partial charge in [-0.15, -0.1) is 11.3 Å². The summed E-state index contributed by atoms with van der Waals surface area (Å²) in [6.07, 6.45) is 2.12. The van der Waals surface area contributed by atoms with Gasteiger partial charge in [0.05, 0.1) is 24.0 Å². The number of para-hydroxylation sites is 1. The first-order valence-electron chi connectivity index (χ1n) is 8.26. The average Bonchev–Trinajstić information content (AvgIpc) is 3.18. The molecular weight excluding hydrogens is 436 g/mol. The van der Waals surface area contributed by atoms with E-state index >= 15 is 0 Å². The zero-order valence-corrected chi connectivity index (χ0v) is 17.4. The maximum Gasteiger partial charge on any atom is 0.346 e. The van der Waals surface area contributed by atoms with Gasteiger partial charge in [-0.05, 0) is 36.4 Å². The molecule has 4 nitrogen and oxygen atoms in total. The molecule has 1 aromatic heterocycles. The molecule has 8 heteroatoms. The van der Waals surface area contributed by atoms with E-state index in [4.69, 9.17) is 32.7 Å². The van der Waals surface area contributed by atoms with Gasteiger partial charge in [-0.2, -0.15) is 0 Å². The van der Waals surface area contributed by atoms with Crippen LogP contribution in [0, 0.1) is 0 Å². The molecule has 3 rings (SSSR count). The van der Waals surface area contributed by atoms with Crippen LogP contribution in [-0.2, 0) is 9.53 Å². The van der Waals surface area contributed by atoms with Crippen molar-refractivity contribution >= 4 is 46.3 Å². The van der Waals surface area contributed by atoms with Gasteiger partial charge in [-0.3, -0.25) is 0 Å². The fourth-order valence-electron chi connectivity index (χ4n) is 2.30. The Labute approximate surface area is 180 Å². The third kappa shape index (κ3) is 5.44. The Balaban J connectivity index is 1.83. The van der Waals surface area contributed by atoms with Gasteiger partial charge in [0.25, 0.3) is 0 Å². The summed E-state index contributed by atoms with van der Waals surface area (Å²) in [4.78, 5) is 16.6. The number of halogens is 3. The lowest BCUT2D eigenvalue weighted by molar-refractivity contribution is -0.129. The molecule has 2 aromatic carbocycles. The third-order valence-electron chi connectivity index (χ3n) is 3.63. The van der Waals surface area contributed by atoms with Crippen LogP contribution >= 0.6 is 34.5 Å². The number of esters is 1. The van der Waals surface area contributed by atoms with Gasteiger partial charge in [0.15, 0.2) is 5.83 Å². The minimum absolute atomic E-state index is 0.0607. The summed E-state index contributed by atoms with van der Waals surface area (Å²) >= 11 is 13.3. The van der Waals surface area contributed by atoms with Gasteiger partial charge in [-0.1, -0.05) is 41.4 Å². The van der Waals surface area contributed by atoms with Crippen molar-refractivity contribution in [2.45, 2.75) is 0 Å². The standard InChI is InChI=1S/C21H14Cl2FNO3S/c1-27-11-13(21(26)28-15-5-3-2-4-6-15)9-18(24)19-12-29-20(25-19)16-8-7-14(22)10-17(16)23/h2-12H,1H3. The monoisotopic (exact) mass is 449 g/mol. The molecule has 0 amide bonds. The van der Waals surface area contributed by atoms with Crippen LogP contribution in [0.25, 0.3) is 16.4 Å². The molecule has 0 spiro atoms. The van der Waals surface area contributed by atoms with Crippen LogP contribution < -0.4 is 4.74 Å². The van der Waals surface area contributed by atoms with E-state index in [2.05, 4.69) is 4.98 Å². The van der Waals surface area contributed by atoms with Crippen LogP contribution in [0.2, 0.25) is 10.0 Å². The number of nitrogens with zero attached hydrogens (tertiary/aromatic N) is 1. The Bertz CT molecular complexity index is 1080. The number of methoxy groups -OCH3 is 1. The van der Waals surface area contributed by atoms with Crippen LogP contribution in [0.5, 0.6) is 5.75 Å².